The molecule has 0 bridgehead atoms. The van der Waals surface area contributed by atoms with E-state index in [4.69, 9.17) is 11.2 Å². The Morgan fingerprint density at radius 3 is 2.73 bits per heavy atom. The molecule has 0 aliphatic carbocycles. The van der Waals surface area contributed by atoms with Crippen LogP contribution in [0.3, 0.4) is 0 Å². The van der Waals surface area contributed by atoms with Crippen LogP contribution in [-0.2, 0) is 20.6 Å². The maximum absolute atomic E-state index is 5.34. The van der Waals surface area contributed by atoms with Gasteiger partial charge in [0.15, 0.2) is 0 Å². The highest BCUT2D eigenvalue weighted by Crippen LogP contribution is 2.28. The van der Waals surface area contributed by atoms with Crippen molar-refractivity contribution in [3.8, 4) is 0 Å². The second-order valence-corrected chi connectivity index (χ2v) is 5.18. The van der Waals surface area contributed by atoms with Gasteiger partial charge in [-0.05, 0) is 40.7 Å². The van der Waals surface area contributed by atoms with Gasteiger partial charge in [0.2, 0.25) is 0 Å². The van der Waals surface area contributed by atoms with E-state index in [1.807, 2.05) is 0 Å². The number of allylic oxidation sites excluding steroid dienone is 1. The standard InChI is InChI=1S/C9H8S2/c1-7-6-8-4-2-3-5-9(8)11(7)10/h2-6H,1H3. The average Bonchev–Trinajstić information content (AvgIpc) is 2.30. The Kier molecular flexibility index (Phi) is 1.66. The van der Waals surface area contributed by atoms with Gasteiger partial charge in [-0.3, -0.25) is 0 Å². The molecule has 0 nitrogen and oxygen atoms in total. The summed E-state index contributed by atoms with van der Waals surface area (Å²) in [5, 5.41) is 0. The fourth-order valence-electron chi connectivity index (χ4n) is 1.21. The summed E-state index contributed by atoms with van der Waals surface area (Å²) in [6.45, 7) is 2.11. The zero-order valence-corrected chi connectivity index (χ0v) is 7.84. The zero-order valence-electron chi connectivity index (χ0n) is 6.20. The Bertz CT molecular complexity index is 350. The molecular weight excluding hydrogens is 172 g/mol. The first-order chi connectivity index (χ1) is 5.29. The molecule has 11 heavy (non-hydrogen) atoms. The second kappa shape index (κ2) is 2.54. The third-order valence-electron chi connectivity index (χ3n) is 1.77. The fraction of sp³-hybridized carbons (Fsp3) is 0.111. The maximum Gasteiger partial charge on any atom is 0.0234 e. The van der Waals surface area contributed by atoms with Gasteiger partial charge in [0, 0.05) is 4.90 Å². The van der Waals surface area contributed by atoms with E-state index in [9.17, 15) is 0 Å². The summed E-state index contributed by atoms with van der Waals surface area (Å²) in [5.74, 6) is 0. The monoisotopic (exact) mass is 180 g/mol. The fourth-order valence-corrected chi connectivity index (χ4v) is 2.94. The summed E-state index contributed by atoms with van der Waals surface area (Å²) in [5.41, 5.74) is 1.31. The number of benzene rings is 1. The molecule has 56 valence electrons. The maximum atomic E-state index is 5.34. The van der Waals surface area contributed by atoms with Crippen molar-refractivity contribution in [1.82, 2.24) is 0 Å². The van der Waals surface area contributed by atoms with Gasteiger partial charge in [0.1, 0.15) is 0 Å². The minimum absolute atomic E-state index is 0.0481. The number of hydrogen-bond donors (Lipinski definition) is 0. The summed E-state index contributed by atoms with van der Waals surface area (Å²) < 4.78 is 0. The molecular formula is C9H8S2. The molecule has 0 spiro atoms. The molecule has 0 radical (unpaired) electrons. The zero-order chi connectivity index (χ0) is 7.84. The molecule has 0 aromatic heterocycles. The van der Waals surface area contributed by atoms with Crippen LogP contribution in [0.1, 0.15) is 12.5 Å². The summed E-state index contributed by atoms with van der Waals surface area (Å²) in [7, 11) is -0.0481. The van der Waals surface area contributed by atoms with Gasteiger partial charge >= 0.3 is 0 Å². The molecule has 2 rings (SSSR count). The lowest BCUT2D eigenvalue weighted by Crippen LogP contribution is -1.84. The van der Waals surface area contributed by atoms with Crippen LogP contribution >= 0.6 is 0 Å². The van der Waals surface area contributed by atoms with E-state index in [0.717, 1.165) is 0 Å². The highest BCUT2D eigenvalue weighted by Gasteiger charge is 2.12. The first-order valence-electron chi connectivity index (χ1n) is 3.48. The summed E-state index contributed by atoms with van der Waals surface area (Å²) >= 11 is 5.34. The third kappa shape index (κ3) is 1.06. The quantitative estimate of drug-likeness (QED) is 0.591. The van der Waals surface area contributed by atoms with Gasteiger partial charge in [-0.15, -0.1) is 0 Å². The Morgan fingerprint density at radius 1 is 1.27 bits per heavy atom. The molecule has 0 N–H and O–H groups in total. The predicted molar refractivity (Wildman–Crippen MR) is 53.1 cm³/mol. The van der Waals surface area contributed by atoms with Gasteiger partial charge in [-0.2, -0.15) is 0 Å². The Morgan fingerprint density at radius 2 is 2.00 bits per heavy atom. The van der Waals surface area contributed by atoms with Crippen molar-refractivity contribution in [3.63, 3.8) is 0 Å². The van der Waals surface area contributed by atoms with Gasteiger partial charge in [-0.25, -0.2) is 0 Å². The molecule has 1 heterocycles. The molecule has 1 atom stereocenters. The number of rotatable bonds is 0. The smallest absolute Gasteiger partial charge is 0.0234 e. The van der Waals surface area contributed by atoms with Crippen molar-refractivity contribution in [2.45, 2.75) is 11.8 Å². The van der Waals surface area contributed by atoms with Crippen LogP contribution in [0.2, 0.25) is 0 Å². The molecule has 2 heteroatoms. The van der Waals surface area contributed by atoms with Gasteiger partial charge in [0.25, 0.3) is 0 Å². The highest BCUT2D eigenvalue weighted by molar-refractivity contribution is 8.31. The Balaban J connectivity index is 2.67. The van der Waals surface area contributed by atoms with Crippen LogP contribution in [0, 0.1) is 0 Å². The van der Waals surface area contributed by atoms with E-state index in [1.165, 1.54) is 15.4 Å². The first-order valence-corrected chi connectivity index (χ1v) is 5.63. The van der Waals surface area contributed by atoms with Gasteiger partial charge < -0.3 is 0 Å². The van der Waals surface area contributed by atoms with Gasteiger partial charge in [0.05, 0.1) is 0 Å². The Hall–Kier alpha value is -0.470. The SMILES string of the molecule is CC1=Cc2ccccc2S1=S. The third-order valence-corrected chi connectivity index (χ3v) is 4.57. The van der Waals surface area contributed by atoms with Gasteiger partial charge in [-0.1, -0.05) is 27.7 Å². The van der Waals surface area contributed by atoms with Crippen LogP contribution in [0.5, 0.6) is 0 Å². The van der Waals surface area contributed by atoms with Crippen LogP contribution in [0.25, 0.3) is 6.08 Å². The molecule has 1 aliphatic rings. The largest absolute Gasteiger partial charge is 0.0623 e. The topological polar surface area (TPSA) is 0 Å². The van der Waals surface area contributed by atoms with Crippen molar-refractivity contribution in [2.75, 3.05) is 0 Å². The lowest BCUT2D eigenvalue weighted by molar-refractivity contribution is 1.44. The minimum atomic E-state index is -0.0481. The predicted octanol–water partition coefficient (Wildman–Crippen LogP) is 2.50. The van der Waals surface area contributed by atoms with E-state index in [1.54, 1.807) is 0 Å². The minimum Gasteiger partial charge on any atom is -0.0623 e. The molecule has 0 fully saturated rings. The van der Waals surface area contributed by atoms with E-state index in [0.29, 0.717) is 0 Å². The van der Waals surface area contributed by atoms with E-state index in [2.05, 4.69) is 37.3 Å². The summed E-state index contributed by atoms with van der Waals surface area (Å²) in [6, 6.07) is 8.36. The van der Waals surface area contributed by atoms with Crippen LogP contribution in [-0.4, -0.2) is 0 Å². The Labute approximate surface area is 73.5 Å². The average molecular weight is 180 g/mol. The van der Waals surface area contributed by atoms with Crippen molar-refractivity contribution >= 4 is 26.7 Å². The van der Waals surface area contributed by atoms with E-state index in [-0.39, 0.29) is 9.45 Å². The molecule has 1 unspecified atom stereocenters. The van der Waals surface area contributed by atoms with E-state index < -0.39 is 0 Å². The van der Waals surface area contributed by atoms with Crippen molar-refractivity contribution in [3.05, 3.63) is 34.7 Å². The first kappa shape index (κ1) is 7.19. The highest BCUT2D eigenvalue weighted by atomic mass is 32.8. The van der Waals surface area contributed by atoms with E-state index >= 15 is 0 Å². The normalized spacial score (nSPS) is 21.2. The molecule has 0 saturated heterocycles. The van der Waals surface area contributed by atoms with Crippen molar-refractivity contribution in [1.29, 1.82) is 0 Å². The number of hydrogen-bond acceptors (Lipinski definition) is 1. The van der Waals surface area contributed by atoms with Crippen LogP contribution in [0.4, 0.5) is 0 Å². The second-order valence-electron chi connectivity index (χ2n) is 2.56. The molecule has 0 saturated carbocycles. The summed E-state index contributed by atoms with van der Waals surface area (Å²) in [6.07, 6.45) is 2.19. The summed E-state index contributed by atoms with van der Waals surface area (Å²) in [4.78, 5) is 2.64. The molecule has 1 aromatic rings. The molecule has 0 amide bonds. The van der Waals surface area contributed by atoms with Crippen molar-refractivity contribution < 1.29 is 0 Å². The van der Waals surface area contributed by atoms with Crippen LogP contribution in [0.15, 0.2) is 34.1 Å². The lowest BCUT2D eigenvalue weighted by Gasteiger charge is -1.97. The molecule has 1 aromatic carbocycles. The van der Waals surface area contributed by atoms with Crippen LogP contribution < -0.4 is 0 Å². The number of fused-ring (bicyclic) bond motifs is 1. The molecule has 1 aliphatic heterocycles. The lowest BCUT2D eigenvalue weighted by atomic mass is 10.2. The van der Waals surface area contributed by atoms with Crippen molar-refractivity contribution in [2.24, 2.45) is 0 Å².